The molecule has 0 spiro atoms. The molecule has 3 heterocycles. The Balaban J connectivity index is 1.20. The summed E-state index contributed by atoms with van der Waals surface area (Å²) in [5.74, 6) is 1.67. The Morgan fingerprint density at radius 3 is 2.53 bits per heavy atom. The fourth-order valence-corrected chi connectivity index (χ4v) is 3.85. The van der Waals surface area contributed by atoms with Gasteiger partial charge in [0, 0.05) is 35.5 Å². The Hall–Kier alpha value is -3.54. The van der Waals surface area contributed by atoms with Gasteiger partial charge in [-0.1, -0.05) is 22.9 Å². The van der Waals surface area contributed by atoms with Crippen molar-refractivity contribution in [3.8, 4) is 22.6 Å². The Morgan fingerprint density at radius 2 is 1.80 bits per heavy atom. The molecule has 0 aliphatic heterocycles. The van der Waals surface area contributed by atoms with Crippen molar-refractivity contribution in [1.29, 1.82) is 0 Å². The number of hydrogen-bond acceptors (Lipinski definition) is 4. The molecule has 0 atom stereocenters. The van der Waals surface area contributed by atoms with Gasteiger partial charge in [-0.05, 0) is 55.4 Å². The van der Waals surface area contributed by atoms with Gasteiger partial charge in [0.1, 0.15) is 6.33 Å². The highest BCUT2D eigenvalue weighted by Crippen LogP contribution is 2.40. The molecule has 6 nitrogen and oxygen atoms in total. The third-order valence-electron chi connectivity index (χ3n) is 5.85. The van der Waals surface area contributed by atoms with Crippen LogP contribution in [0, 0.1) is 0 Å². The van der Waals surface area contributed by atoms with Crippen LogP contribution in [0.25, 0.3) is 22.6 Å². The summed E-state index contributed by atoms with van der Waals surface area (Å²) in [6, 6.07) is 17.4. The molecule has 0 amide bonds. The Labute approximate surface area is 175 Å². The molecule has 2 fully saturated rings. The molecular weight excluding hydrogens is 372 g/mol. The summed E-state index contributed by atoms with van der Waals surface area (Å²) in [6.07, 6.45) is 12.9. The van der Waals surface area contributed by atoms with E-state index in [1.165, 1.54) is 31.2 Å². The van der Waals surface area contributed by atoms with Crippen LogP contribution in [0.3, 0.4) is 0 Å². The van der Waals surface area contributed by atoms with Gasteiger partial charge in [-0.3, -0.25) is 4.98 Å². The molecule has 6 heteroatoms. The Kier molecular flexibility index (Phi) is 4.08. The number of aromatic nitrogens is 5. The highest BCUT2D eigenvalue weighted by Gasteiger charge is 2.26. The summed E-state index contributed by atoms with van der Waals surface area (Å²) < 4.78 is 4.13. The topological polar surface area (TPSA) is 59.5 Å². The zero-order valence-corrected chi connectivity index (χ0v) is 16.6. The molecule has 2 aliphatic rings. The molecular formula is C24H23N6+. The number of nitrogens with zero attached hydrogens (tertiary/aromatic N) is 5. The van der Waals surface area contributed by atoms with Crippen molar-refractivity contribution in [1.82, 2.24) is 19.7 Å². The molecule has 0 saturated heterocycles. The Bertz CT molecular complexity index is 1170. The standard InChI is InChI=1S/C24H23N6/c1-2-19(24-27-26-16-30(24)22-7-8-22)14-21(3-1)28-29-12-10-18(11-13-29)23-9-6-20(15-25-23)17-4-5-17/h1-3,6,9-17,22,28H,4-5,7-8H2/q+1. The van der Waals surface area contributed by atoms with E-state index in [4.69, 9.17) is 0 Å². The molecule has 6 rings (SSSR count). The maximum absolute atomic E-state index is 4.65. The number of rotatable bonds is 6. The third kappa shape index (κ3) is 3.45. The molecule has 2 saturated carbocycles. The lowest BCUT2D eigenvalue weighted by molar-refractivity contribution is -0.642. The molecule has 0 radical (unpaired) electrons. The van der Waals surface area contributed by atoms with Crippen LogP contribution < -0.4 is 10.1 Å². The van der Waals surface area contributed by atoms with E-state index in [0.29, 0.717) is 6.04 Å². The van der Waals surface area contributed by atoms with Crippen molar-refractivity contribution in [3.63, 3.8) is 0 Å². The van der Waals surface area contributed by atoms with Gasteiger partial charge in [0.25, 0.3) is 0 Å². The second kappa shape index (κ2) is 7.06. The van der Waals surface area contributed by atoms with Gasteiger partial charge in [0.2, 0.25) is 12.4 Å². The van der Waals surface area contributed by atoms with E-state index in [-0.39, 0.29) is 0 Å². The second-order valence-electron chi connectivity index (χ2n) is 8.23. The first-order chi connectivity index (χ1) is 14.8. The molecule has 30 heavy (non-hydrogen) atoms. The predicted molar refractivity (Wildman–Crippen MR) is 115 cm³/mol. The maximum atomic E-state index is 4.65. The van der Waals surface area contributed by atoms with E-state index in [2.05, 4.69) is 67.6 Å². The van der Waals surface area contributed by atoms with Gasteiger partial charge >= 0.3 is 0 Å². The number of pyridine rings is 2. The Morgan fingerprint density at radius 1 is 0.933 bits per heavy atom. The minimum absolute atomic E-state index is 0.556. The summed E-state index contributed by atoms with van der Waals surface area (Å²) >= 11 is 0. The quantitative estimate of drug-likeness (QED) is 0.492. The van der Waals surface area contributed by atoms with E-state index < -0.39 is 0 Å². The van der Waals surface area contributed by atoms with Crippen LogP contribution in [0.1, 0.15) is 43.2 Å². The van der Waals surface area contributed by atoms with Crippen molar-refractivity contribution >= 4 is 5.69 Å². The highest BCUT2D eigenvalue weighted by molar-refractivity contribution is 5.62. The first-order valence-electron chi connectivity index (χ1n) is 10.6. The van der Waals surface area contributed by atoms with Gasteiger partial charge < -0.3 is 4.57 Å². The van der Waals surface area contributed by atoms with E-state index in [9.17, 15) is 0 Å². The molecule has 0 unspecified atom stereocenters. The van der Waals surface area contributed by atoms with Gasteiger partial charge in [0.05, 0.1) is 11.4 Å². The maximum Gasteiger partial charge on any atom is 0.200 e. The SMILES string of the molecule is c1cc(N[n+]2ccc(-c3ccc(C4CC4)cn3)cc2)cc(-c2nncn2C2CC2)c1. The van der Waals surface area contributed by atoms with Crippen LogP contribution in [0.5, 0.6) is 0 Å². The van der Waals surface area contributed by atoms with Gasteiger partial charge in [0.15, 0.2) is 5.82 Å². The van der Waals surface area contributed by atoms with Crippen molar-refractivity contribution in [2.75, 3.05) is 5.43 Å². The van der Waals surface area contributed by atoms with Gasteiger partial charge in [-0.25, -0.2) is 0 Å². The molecule has 2 aliphatic carbocycles. The third-order valence-corrected chi connectivity index (χ3v) is 5.85. The zero-order valence-electron chi connectivity index (χ0n) is 16.6. The van der Waals surface area contributed by atoms with Crippen molar-refractivity contribution < 1.29 is 4.68 Å². The van der Waals surface area contributed by atoms with Crippen molar-refractivity contribution in [2.24, 2.45) is 0 Å². The summed E-state index contributed by atoms with van der Waals surface area (Å²) in [5.41, 5.74) is 8.98. The lowest BCUT2D eigenvalue weighted by Gasteiger charge is -2.07. The summed E-state index contributed by atoms with van der Waals surface area (Å²) in [4.78, 5) is 4.65. The van der Waals surface area contributed by atoms with Crippen LogP contribution in [-0.2, 0) is 0 Å². The first kappa shape index (κ1) is 17.3. The van der Waals surface area contributed by atoms with Crippen LogP contribution in [0.15, 0.2) is 73.4 Å². The number of hydrogen-bond donors (Lipinski definition) is 1. The largest absolute Gasteiger partial charge is 0.310 e. The normalized spacial score (nSPS) is 15.9. The van der Waals surface area contributed by atoms with Crippen LogP contribution in [0.4, 0.5) is 5.69 Å². The minimum atomic E-state index is 0.556. The average Bonchev–Trinajstić information content (AvgIpc) is 3.73. The van der Waals surface area contributed by atoms with Crippen molar-refractivity contribution in [3.05, 3.63) is 79.0 Å². The van der Waals surface area contributed by atoms with E-state index in [1.807, 2.05) is 35.7 Å². The van der Waals surface area contributed by atoms with E-state index in [0.717, 1.165) is 34.3 Å². The fourth-order valence-electron chi connectivity index (χ4n) is 3.85. The smallest absolute Gasteiger partial charge is 0.200 e. The molecule has 0 bridgehead atoms. The number of benzene rings is 1. The highest BCUT2D eigenvalue weighted by atomic mass is 15.4. The summed E-state index contributed by atoms with van der Waals surface area (Å²) in [5, 5.41) is 8.44. The minimum Gasteiger partial charge on any atom is -0.310 e. The van der Waals surface area contributed by atoms with Crippen LogP contribution in [0.2, 0.25) is 0 Å². The van der Waals surface area contributed by atoms with Gasteiger partial charge in [-0.2, -0.15) is 5.43 Å². The van der Waals surface area contributed by atoms with Gasteiger partial charge in [-0.15, -0.1) is 10.2 Å². The van der Waals surface area contributed by atoms with E-state index >= 15 is 0 Å². The molecule has 3 aromatic heterocycles. The predicted octanol–water partition coefficient (Wildman–Crippen LogP) is 4.38. The van der Waals surface area contributed by atoms with Crippen LogP contribution >= 0.6 is 0 Å². The fraction of sp³-hybridized carbons (Fsp3) is 0.250. The lowest BCUT2D eigenvalue weighted by Crippen LogP contribution is -2.41. The molecule has 4 aromatic rings. The molecule has 148 valence electrons. The second-order valence-corrected chi connectivity index (χ2v) is 8.23. The van der Waals surface area contributed by atoms with Crippen LogP contribution in [-0.4, -0.2) is 19.7 Å². The number of nitrogens with one attached hydrogen (secondary N) is 1. The zero-order chi connectivity index (χ0) is 19.9. The lowest BCUT2D eigenvalue weighted by atomic mass is 10.1. The van der Waals surface area contributed by atoms with Crippen molar-refractivity contribution in [2.45, 2.75) is 37.6 Å². The first-order valence-corrected chi connectivity index (χ1v) is 10.6. The monoisotopic (exact) mass is 395 g/mol. The summed E-state index contributed by atoms with van der Waals surface area (Å²) in [7, 11) is 0. The average molecular weight is 395 g/mol. The number of anilines is 1. The molecule has 1 aromatic carbocycles. The molecule has 1 N–H and O–H groups in total. The van der Waals surface area contributed by atoms with E-state index in [1.54, 1.807) is 0 Å². The summed E-state index contributed by atoms with van der Waals surface area (Å²) in [6.45, 7) is 0.